The molecule has 4 nitrogen and oxygen atoms in total. The fourth-order valence-corrected chi connectivity index (χ4v) is 1.29. The number of hydrogen-bond acceptors (Lipinski definition) is 2. The van der Waals surface area contributed by atoms with Gasteiger partial charge in [-0.05, 0) is 18.2 Å². The van der Waals surface area contributed by atoms with Gasteiger partial charge in [0.15, 0.2) is 0 Å². The Hall–Kier alpha value is -1.43. The van der Waals surface area contributed by atoms with Crippen molar-refractivity contribution in [3.8, 4) is 0 Å². The highest BCUT2D eigenvalue weighted by molar-refractivity contribution is 9.10. The summed E-state index contributed by atoms with van der Waals surface area (Å²) >= 11 is 3.10. The van der Waals surface area contributed by atoms with Crippen LogP contribution in [0.15, 0.2) is 22.7 Å². The van der Waals surface area contributed by atoms with Gasteiger partial charge in [-0.3, -0.25) is 10.2 Å². The highest BCUT2D eigenvalue weighted by atomic mass is 79.9. The summed E-state index contributed by atoms with van der Waals surface area (Å²) in [4.78, 5) is 11.1. The van der Waals surface area contributed by atoms with E-state index >= 15 is 0 Å². The first-order valence-corrected chi connectivity index (χ1v) is 4.86. The summed E-state index contributed by atoms with van der Waals surface area (Å²) in [7, 11) is 0. The number of amides is 1. The van der Waals surface area contributed by atoms with Gasteiger partial charge < -0.3 is 11.1 Å². The second-order valence-electron chi connectivity index (χ2n) is 2.87. The van der Waals surface area contributed by atoms with Crippen molar-refractivity contribution in [2.24, 2.45) is 5.73 Å². The lowest BCUT2D eigenvalue weighted by Crippen LogP contribution is -2.21. The average Bonchev–Trinajstić information content (AvgIpc) is 2.08. The Morgan fingerprint density at radius 3 is 2.80 bits per heavy atom. The Balaban J connectivity index is 2.72. The molecule has 1 rings (SSSR count). The minimum Gasteiger partial charge on any atom is -0.387 e. The van der Waals surface area contributed by atoms with Gasteiger partial charge in [0, 0.05) is 4.47 Å². The molecule has 80 valence electrons. The van der Waals surface area contributed by atoms with Gasteiger partial charge in [0.2, 0.25) is 5.91 Å². The van der Waals surface area contributed by atoms with Crippen LogP contribution in [0, 0.1) is 11.2 Å². The van der Waals surface area contributed by atoms with E-state index in [1.54, 1.807) is 6.07 Å². The van der Waals surface area contributed by atoms with Gasteiger partial charge in [-0.1, -0.05) is 15.9 Å². The zero-order valence-corrected chi connectivity index (χ0v) is 9.27. The molecule has 0 atom stereocenters. The average molecular weight is 274 g/mol. The first-order chi connectivity index (χ1) is 6.99. The molecule has 0 unspecified atom stereocenters. The highest BCUT2D eigenvalue weighted by Gasteiger charge is 2.07. The van der Waals surface area contributed by atoms with Crippen molar-refractivity contribution < 1.29 is 9.18 Å². The lowest BCUT2D eigenvalue weighted by Gasteiger charge is -2.05. The minimum atomic E-state index is -0.540. The molecule has 0 aliphatic heterocycles. The van der Waals surface area contributed by atoms with E-state index in [1.807, 2.05) is 0 Å². The Labute approximate surface area is 94.3 Å². The van der Waals surface area contributed by atoms with Gasteiger partial charge in [0.25, 0.3) is 0 Å². The Morgan fingerprint density at radius 1 is 1.60 bits per heavy atom. The van der Waals surface area contributed by atoms with Crippen LogP contribution in [0.25, 0.3) is 0 Å². The molecule has 4 N–H and O–H groups in total. The van der Waals surface area contributed by atoms with E-state index in [0.717, 1.165) is 0 Å². The lowest BCUT2D eigenvalue weighted by atomic mass is 10.3. The van der Waals surface area contributed by atoms with E-state index in [9.17, 15) is 9.18 Å². The summed E-state index contributed by atoms with van der Waals surface area (Å²) in [5.41, 5.74) is 5.10. The van der Waals surface area contributed by atoms with Crippen molar-refractivity contribution in [1.82, 2.24) is 0 Å². The molecule has 0 heterocycles. The molecule has 0 saturated heterocycles. The summed E-state index contributed by atoms with van der Waals surface area (Å²) in [5, 5.41) is 9.21. The number of nitrogens with one attached hydrogen (secondary N) is 2. The molecule has 15 heavy (non-hydrogen) atoms. The topological polar surface area (TPSA) is 79.0 Å². The molecule has 1 amide bonds. The number of nitrogens with two attached hydrogens (primary N) is 1. The summed E-state index contributed by atoms with van der Waals surface area (Å²) in [5.74, 6) is -1.31. The number of carbonyl (C=O) groups excluding carboxylic acids is 1. The largest absolute Gasteiger partial charge is 0.387 e. The smallest absolute Gasteiger partial charge is 0.231 e. The number of hydrogen-bond donors (Lipinski definition) is 3. The third-order valence-corrected chi connectivity index (χ3v) is 2.05. The molecular weight excluding hydrogens is 265 g/mol. The van der Waals surface area contributed by atoms with Gasteiger partial charge in [-0.15, -0.1) is 0 Å². The van der Waals surface area contributed by atoms with E-state index in [2.05, 4.69) is 21.2 Å². The van der Waals surface area contributed by atoms with Gasteiger partial charge in [-0.25, -0.2) is 4.39 Å². The van der Waals surface area contributed by atoms with Crippen LogP contribution in [0.2, 0.25) is 0 Å². The van der Waals surface area contributed by atoms with Crippen LogP contribution in [0.4, 0.5) is 10.1 Å². The van der Waals surface area contributed by atoms with Crippen LogP contribution in [0.5, 0.6) is 0 Å². The molecule has 1 aromatic rings. The second kappa shape index (κ2) is 4.88. The molecule has 0 aliphatic carbocycles. The summed E-state index contributed by atoms with van der Waals surface area (Å²) in [6, 6.07) is 4.27. The first kappa shape index (κ1) is 11.6. The van der Waals surface area contributed by atoms with Crippen molar-refractivity contribution in [3.05, 3.63) is 28.5 Å². The van der Waals surface area contributed by atoms with E-state index in [0.29, 0.717) is 4.47 Å². The van der Waals surface area contributed by atoms with E-state index in [-0.39, 0.29) is 17.9 Å². The SMILES string of the molecule is N=C(N)CC(=O)Nc1ccc(Br)cc1F. The standard InChI is InChI=1S/C9H9BrFN3O/c10-5-1-2-7(6(11)3-5)14-9(15)4-8(12)13/h1-3H,4H2,(H3,12,13)(H,14,15). The molecule has 0 spiro atoms. The van der Waals surface area contributed by atoms with Crippen molar-refractivity contribution in [2.75, 3.05) is 5.32 Å². The third-order valence-electron chi connectivity index (χ3n) is 1.56. The Bertz CT molecular complexity index is 408. The van der Waals surface area contributed by atoms with Gasteiger partial charge in [0.05, 0.1) is 12.1 Å². The minimum absolute atomic E-state index is 0.0736. The molecule has 0 radical (unpaired) electrons. The lowest BCUT2D eigenvalue weighted by molar-refractivity contribution is -0.115. The number of halogens is 2. The molecule has 0 bridgehead atoms. The molecule has 0 aliphatic rings. The summed E-state index contributed by atoms with van der Waals surface area (Å²) in [6.07, 6.45) is -0.241. The van der Waals surface area contributed by atoms with Crippen LogP contribution in [-0.2, 0) is 4.79 Å². The maximum Gasteiger partial charge on any atom is 0.231 e. The summed E-state index contributed by atoms with van der Waals surface area (Å²) < 4.78 is 13.8. The quantitative estimate of drug-likeness (QED) is 0.581. The maximum atomic E-state index is 13.2. The second-order valence-corrected chi connectivity index (χ2v) is 3.79. The molecule has 0 aromatic heterocycles. The maximum absolute atomic E-state index is 13.2. The number of carbonyl (C=O) groups is 1. The van der Waals surface area contributed by atoms with Crippen LogP contribution < -0.4 is 11.1 Å². The predicted molar refractivity (Wildman–Crippen MR) is 59.3 cm³/mol. The van der Waals surface area contributed by atoms with Gasteiger partial charge in [-0.2, -0.15) is 0 Å². The highest BCUT2D eigenvalue weighted by Crippen LogP contribution is 2.19. The normalized spacial score (nSPS) is 9.73. The van der Waals surface area contributed by atoms with Crippen LogP contribution in [0.3, 0.4) is 0 Å². The molecule has 1 aromatic carbocycles. The first-order valence-electron chi connectivity index (χ1n) is 4.07. The Morgan fingerprint density at radius 2 is 2.27 bits per heavy atom. The van der Waals surface area contributed by atoms with Crippen molar-refractivity contribution in [2.45, 2.75) is 6.42 Å². The fraction of sp³-hybridized carbons (Fsp3) is 0.111. The monoisotopic (exact) mass is 273 g/mol. The number of amidine groups is 1. The van der Waals surface area contributed by atoms with Gasteiger partial charge in [0.1, 0.15) is 11.7 Å². The van der Waals surface area contributed by atoms with E-state index in [4.69, 9.17) is 11.1 Å². The fourth-order valence-electron chi connectivity index (χ4n) is 0.958. The summed E-state index contributed by atoms with van der Waals surface area (Å²) in [6.45, 7) is 0. The van der Waals surface area contributed by atoms with E-state index < -0.39 is 11.7 Å². The number of anilines is 1. The molecule has 0 saturated carbocycles. The molecule has 6 heteroatoms. The van der Waals surface area contributed by atoms with Crippen LogP contribution >= 0.6 is 15.9 Å². The third kappa shape index (κ3) is 3.67. The number of benzene rings is 1. The number of rotatable bonds is 3. The van der Waals surface area contributed by atoms with Crippen molar-refractivity contribution >= 4 is 33.4 Å². The van der Waals surface area contributed by atoms with Crippen molar-refractivity contribution in [3.63, 3.8) is 0 Å². The van der Waals surface area contributed by atoms with Crippen LogP contribution in [0.1, 0.15) is 6.42 Å². The molecule has 0 fully saturated rings. The predicted octanol–water partition coefficient (Wildman–Crippen LogP) is 1.85. The van der Waals surface area contributed by atoms with E-state index in [1.165, 1.54) is 12.1 Å². The van der Waals surface area contributed by atoms with Crippen molar-refractivity contribution in [1.29, 1.82) is 5.41 Å². The Kier molecular flexibility index (Phi) is 3.79. The molecular formula is C9H9BrFN3O. The zero-order chi connectivity index (χ0) is 11.4. The van der Waals surface area contributed by atoms with Crippen LogP contribution in [-0.4, -0.2) is 11.7 Å². The zero-order valence-electron chi connectivity index (χ0n) is 7.68. The van der Waals surface area contributed by atoms with Gasteiger partial charge >= 0.3 is 0 Å².